The van der Waals surface area contributed by atoms with Crippen molar-refractivity contribution in [1.29, 1.82) is 0 Å². The van der Waals surface area contributed by atoms with Crippen molar-refractivity contribution in [2.75, 3.05) is 6.54 Å². The molecule has 0 saturated heterocycles. The molecule has 0 aliphatic carbocycles. The zero-order valence-corrected chi connectivity index (χ0v) is 10.4. The molecule has 0 bridgehead atoms. The second-order valence-corrected chi connectivity index (χ2v) is 3.98. The smallest absolute Gasteiger partial charge is 0.0940 e. The highest BCUT2D eigenvalue weighted by atomic mass is 15.4. The van der Waals surface area contributed by atoms with Gasteiger partial charge in [-0.25, -0.2) is 0 Å². The van der Waals surface area contributed by atoms with E-state index in [1.165, 1.54) is 5.56 Å². The van der Waals surface area contributed by atoms with Crippen LogP contribution >= 0.6 is 0 Å². The van der Waals surface area contributed by atoms with E-state index in [1.54, 1.807) is 10.9 Å². The Balaban J connectivity index is 2.43. The van der Waals surface area contributed by atoms with Gasteiger partial charge in [0, 0.05) is 13.2 Å². The maximum atomic E-state index is 4.46. The van der Waals surface area contributed by atoms with Crippen molar-refractivity contribution in [3.63, 3.8) is 0 Å². The first-order valence-corrected chi connectivity index (χ1v) is 5.73. The van der Waals surface area contributed by atoms with Crippen molar-refractivity contribution < 1.29 is 0 Å². The van der Waals surface area contributed by atoms with Crippen molar-refractivity contribution >= 4 is 0 Å². The monoisotopic (exact) mass is 231 g/mol. The third kappa shape index (κ3) is 2.34. The van der Waals surface area contributed by atoms with Gasteiger partial charge in [0.25, 0.3) is 0 Å². The molecule has 0 amide bonds. The number of nitrogens with zero attached hydrogens (tertiary/aromatic N) is 4. The minimum absolute atomic E-state index is 0.0428. The van der Waals surface area contributed by atoms with Gasteiger partial charge in [0.15, 0.2) is 0 Å². The molecule has 0 radical (unpaired) electrons. The Morgan fingerprint density at radius 1 is 1.47 bits per heavy atom. The lowest BCUT2D eigenvalue weighted by Crippen LogP contribution is -2.25. The highest BCUT2D eigenvalue weighted by Gasteiger charge is 2.19. The molecular formula is C12H17N5. The van der Waals surface area contributed by atoms with Crippen LogP contribution in [0.1, 0.15) is 29.9 Å². The van der Waals surface area contributed by atoms with Crippen molar-refractivity contribution in [3.8, 4) is 0 Å². The van der Waals surface area contributed by atoms with Crippen LogP contribution in [0.3, 0.4) is 0 Å². The molecule has 0 aliphatic rings. The maximum Gasteiger partial charge on any atom is 0.0940 e. The highest BCUT2D eigenvalue weighted by molar-refractivity contribution is 5.27. The topological polar surface area (TPSA) is 55.6 Å². The van der Waals surface area contributed by atoms with E-state index >= 15 is 0 Å². The predicted molar refractivity (Wildman–Crippen MR) is 65.5 cm³/mol. The molecule has 0 saturated carbocycles. The van der Waals surface area contributed by atoms with Crippen LogP contribution in [-0.4, -0.2) is 26.5 Å². The van der Waals surface area contributed by atoms with E-state index < -0.39 is 0 Å². The normalized spacial score (nSPS) is 12.6. The van der Waals surface area contributed by atoms with Gasteiger partial charge >= 0.3 is 0 Å². The second-order valence-electron chi connectivity index (χ2n) is 3.98. The van der Waals surface area contributed by atoms with Gasteiger partial charge < -0.3 is 5.32 Å². The van der Waals surface area contributed by atoms with Crippen LogP contribution in [0.5, 0.6) is 0 Å². The van der Waals surface area contributed by atoms with Crippen LogP contribution in [0, 0.1) is 6.92 Å². The molecule has 5 nitrogen and oxygen atoms in total. The summed E-state index contributed by atoms with van der Waals surface area (Å²) in [6.07, 6.45) is 3.60. The van der Waals surface area contributed by atoms with Crippen LogP contribution in [0.2, 0.25) is 0 Å². The van der Waals surface area contributed by atoms with Crippen molar-refractivity contribution in [2.24, 2.45) is 7.05 Å². The van der Waals surface area contributed by atoms with E-state index in [4.69, 9.17) is 0 Å². The summed E-state index contributed by atoms with van der Waals surface area (Å²) in [6, 6.07) is 4.06. The molecule has 0 fully saturated rings. The number of aromatic nitrogens is 4. The lowest BCUT2D eigenvalue weighted by molar-refractivity contribution is 0.556. The SMILES string of the molecule is CCNC(c1ncccc1C)c1cnnn1C. The van der Waals surface area contributed by atoms with Crippen molar-refractivity contribution in [1.82, 2.24) is 25.3 Å². The molecule has 2 aromatic rings. The van der Waals surface area contributed by atoms with Gasteiger partial charge in [-0.1, -0.05) is 18.2 Å². The second kappa shape index (κ2) is 5.05. The summed E-state index contributed by atoms with van der Waals surface area (Å²) >= 11 is 0. The van der Waals surface area contributed by atoms with E-state index in [2.05, 4.69) is 40.5 Å². The van der Waals surface area contributed by atoms with Crippen LogP contribution in [-0.2, 0) is 7.05 Å². The zero-order valence-electron chi connectivity index (χ0n) is 10.4. The largest absolute Gasteiger partial charge is 0.304 e. The summed E-state index contributed by atoms with van der Waals surface area (Å²) in [5, 5.41) is 11.3. The molecule has 17 heavy (non-hydrogen) atoms. The number of hydrogen-bond acceptors (Lipinski definition) is 4. The van der Waals surface area contributed by atoms with E-state index in [1.807, 2.05) is 19.3 Å². The van der Waals surface area contributed by atoms with E-state index in [0.29, 0.717) is 0 Å². The summed E-state index contributed by atoms with van der Waals surface area (Å²) in [5.41, 5.74) is 3.22. The Bertz CT molecular complexity index is 491. The van der Waals surface area contributed by atoms with E-state index in [0.717, 1.165) is 17.9 Å². The molecule has 1 atom stereocenters. The number of pyridine rings is 1. The van der Waals surface area contributed by atoms with Crippen LogP contribution in [0.4, 0.5) is 0 Å². The Morgan fingerprint density at radius 2 is 2.29 bits per heavy atom. The van der Waals surface area contributed by atoms with Gasteiger partial charge in [0.05, 0.1) is 23.6 Å². The summed E-state index contributed by atoms with van der Waals surface area (Å²) in [6.45, 7) is 5.01. The molecule has 1 unspecified atom stereocenters. The quantitative estimate of drug-likeness (QED) is 0.859. The van der Waals surface area contributed by atoms with Gasteiger partial charge in [0.2, 0.25) is 0 Å². The lowest BCUT2D eigenvalue weighted by atomic mass is 10.1. The molecular weight excluding hydrogens is 214 g/mol. The van der Waals surface area contributed by atoms with Crippen molar-refractivity contribution in [3.05, 3.63) is 41.5 Å². The molecule has 0 aliphatic heterocycles. The fourth-order valence-electron chi connectivity index (χ4n) is 1.90. The molecule has 0 spiro atoms. The van der Waals surface area contributed by atoms with Crippen LogP contribution < -0.4 is 5.32 Å². The highest BCUT2D eigenvalue weighted by Crippen LogP contribution is 2.21. The van der Waals surface area contributed by atoms with Crippen LogP contribution in [0.15, 0.2) is 24.5 Å². The molecule has 2 heterocycles. The minimum Gasteiger partial charge on any atom is -0.304 e. The number of aryl methyl sites for hydroxylation is 2. The fraction of sp³-hybridized carbons (Fsp3) is 0.417. The average molecular weight is 231 g/mol. The van der Waals surface area contributed by atoms with Gasteiger partial charge in [-0.05, 0) is 25.1 Å². The summed E-state index contributed by atoms with van der Waals surface area (Å²) in [7, 11) is 1.89. The minimum atomic E-state index is 0.0428. The standard InChI is InChI=1S/C12H17N5/c1-4-13-12(10-8-15-16-17(10)3)11-9(2)6-5-7-14-11/h5-8,12-13H,4H2,1-3H3. The maximum absolute atomic E-state index is 4.46. The zero-order chi connectivity index (χ0) is 12.3. The first kappa shape index (κ1) is 11.7. The summed E-state index contributed by atoms with van der Waals surface area (Å²) in [4.78, 5) is 4.46. The Morgan fingerprint density at radius 3 is 2.88 bits per heavy atom. The van der Waals surface area contributed by atoms with E-state index in [9.17, 15) is 0 Å². The molecule has 1 N–H and O–H groups in total. The predicted octanol–water partition coefficient (Wildman–Crippen LogP) is 1.22. The first-order chi connectivity index (χ1) is 8.24. The molecule has 0 aromatic carbocycles. The lowest BCUT2D eigenvalue weighted by Gasteiger charge is -2.18. The molecule has 2 aromatic heterocycles. The Labute approximate surface area is 101 Å². The van der Waals surface area contributed by atoms with Crippen molar-refractivity contribution in [2.45, 2.75) is 19.9 Å². The van der Waals surface area contributed by atoms with Gasteiger partial charge in [-0.2, -0.15) is 0 Å². The molecule has 5 heteroatoms. The fourth-order valence-corrected chi connectivity index (χ4v) is 1.90. The summed E-state index contributed by atoms with van der Waals surface area (Å²) < 4.78 is 1.78. The van der Waals surface area contributed by atoms with Gasteiger partial charge in [-0.3, -0.25) is 9.67 Å². The summed E-state index contributed by atoms with van der Waals surface area (Å²) in [5.74, 6) is 0. The molecule has 90 valence electrons. The number of hydrogen-bond donors (Lipinski definition) is 1. The Kier molecular flexibility index (Phi) is 3.49. The third-order valence-electron chi connectivity index (χ3n) is 2.78. The van der Waals surface area contributed by atoms with Gasteiger partial charge in [-0.15, -0.1) is 5.10 Å². The molecule has 2 rings (SSSR count). The van der Waals surface area contributed by atoms with E-state index in [-0.39, 0.29) is 6.04 Å². The number of rotatable bonds is 4. The average Bonchev–Trinajstić information content (AvgIpc) is 2.74. The number of nitrogens with one attached hydrogen (secondary N) is 1. The van der Waals surface area contributed by atoms with Gasteiger partial charge in [0.1, 0.15) is 0 Å². The first-order valence-electron chi connectivity index (χ1n) is 5.73. The Hall–Kier alpha value is -1.75. The van der Waals surface area contributed by atoms with Crippen LogP contribution in [0.25, 0.3) is 0 Å². The third-order valence-corrected chi connectivity index (χ3v) is 2.78.